The molecular weight excluding hydrogens is 240 g/mol. The van der Waals surface area contributed by atoms with Crippen LogP contribution in [0, 0.1) is 5.92 Å². The topological polar surface area (TPSA) is 43.4 Å². The third kappa shape index (κ3) is 5.17. The van der Waals surface area contributed by atoms with Crippen molar-refractivity contribution < 1.29 is 9.47 Å². The number of hydrogen-bond donors (Lipinski definition) is 1. The first-order valence-electron chi connectivity index (χ1n) is 7.25. The van der Waals surface area contributed by atoms with Crippen LogP contribution in [0.25, 0.3) is 0 Å². The zero-order valence-corrected chi connectivity index (χ0v) is 11.7. The molecule has 1 N–H and O–H groups in total. The van der Waals surface area contributed by atoms with Gasteiger partial charge in [-0.3, -0.25) is 0 Å². The number of nitrogens with one attached hydrogen (secondary N) is 1. The molecule has 1 aliphatic heterocycles. The largest absolute Gasteiger partial charge is 0.477 e. The fourth-order valence-electron chi connectivity index (χ4n) is 2.15. The molecule has 19 heavy (non-hydrogen) atoms. The van der Waals surface area contributed by atoms with E-state index in [1.165, 1.54) is 0 Å². The predicted octanol–water partition coefficient (Wildman–Crippen LogP) is 2.39. The Labute approximate surface area is 115 Å². The average molecular weight is 264 g/mol. The fraction of sp³-hybridized carbons (Fsp3) is 0.667. The molecule has 4 nitrogen and oxygen atoms in total. The molecule has 1 aliphatic rings. The maximum absolute atomic E-state index is 5.80. The Morgan fingerprint density at radius 1 is 1.37 bits per heavy atom. The monoisotopic (exact) mass is 264 g/mol. The summed E-state index contributed by atoms with van der Waals surface area (Å²) >= 11 is 0. The summed E-state index contributed by atoms with van der Waals surface area (Å²) < 4.78 is 11.1. The first-order valence-corrected chi connectivity index (χ1v) is 7.25. The molecule has 0 atom stereocenters. The molecule has 0 spiro atoms. The van der Waals surface area contributed by atoms with E-state index in [2.05, 4.69) is 17.2 Å². The second kappa shape index (κ2) is 8.12. The Morgan fingerprint density at radius 2 is 2.21 bits per heavy atom. The van der Waals surface area contributed by atoms with Crippen LogP contribution < -0.4 is 10.1 Å². The van der Waals surface area contributed by atoms with Crippen LogP contribution in [-0.2, 0) is 11.3 Å². The van der Waals surface area contributed by atoms with Crippen LogP contribution >= 0.6 is 0 Å². The van der Waals surface area contributed by atoms with Gasteiger partial charge >= 0.3 is 0 Å². The van der Waals surface area contributed by atoms with Crippen LogP contribution in [0.3, 0.4) is 0 Å². The predicted molar refractivity (Wildman–Crippen MR) is 75.3 cm³/mol. The van der Waals surface area contributed by atoms with Crippen molar-refractivity contribution in [2.24, 2.45) is 5.92 Å². The van der Waals surface area contributed by atoms with Gasteiger partial charge in [0.05, 0.1) is 12.3 Å². The summed E-state index contributed by atoms with van der Waals surface area (Å²) in [6, 6.07) is 5.97. The standard InChI is InChI=1S/C15H24N2O2/c1-2-8-16-11-14-4-3-5-15(17-14)19-12-13-6-9-18-10-7-13/h3-5,13,16H,2,6-12H2,1H3. The number of aromatic nitrogens is 1. The third-order valence-corrected chi connectivity index (χ3v) is 3.32. The van der Waals surface area contributed by atoms with Crippen LogP contribution in [0.1, 0.15) is 31.9 Å². The molecule has 0 unspecified atom stereocenters. The van der Waals surface area contributed by atoms with E-state index in [0.717, 1.165) is 63.7 Å². The summed E-state index contributed by atoms with van der Waals surface area (Å²) in [6.45, 7) is 6.47. The van der Waals surface area contributed by atoms with Gasteiger partial charge in [0.2, 0.25) is 5.88 Å². The normalized spacial score (nSPS) is 16.5. The molecule has 4 heteroatoms. The first-order chi connectivity index (χ1) is 9.38. The van der Waals surface area contributed by atoms with E-state index >= 15 is 0 Å². The molecule has 2 heterocycles. The van der Waals surface area contributed by atoms with Crippen LogP contribution in [0.4, 0.5) is 0 Å². The molecule has 1 aromatic heterocycles. The van der Waals surface area contributed by atoms with Crippen LogP contribution in [0.5, 0.6) is 5.88 Å². The highest BCUT2D eigenvalue weighted by Crippen LogP contribution is 2.16. The molecule has 0 aromatic carbocycles. The van der Waals surface area contributed by atoms with Gasteiger partial charge < -0.3 is 14.8 Å². The second-order valence-corrected chi connectivity index (χ2v) is 5.01. The highest BCUT2D eigenvalue weighted by molar-refractivity contribution is 5.15. The molecule has 1 aromatic rings. The van der Waals surface area contributed by atoms with Gasteiger partial charge in [0.1, 0.15) is 0 Å². The lowest BCUT2D eigenvalue weighted by molar-refractivity contribution is 0.0490. The Morgan fingerprint density at radius 3 is 3.00 bits per heavy atom. The van der Waals surface area contributed by atoms with Gasteiger partial charge in [-0.2, -0.15) is 0 Å². The zero-order chi connectivity index (χ0) is 13.3. The van der Waals surface area contributed by atoms with Gasteiger partial charge in [-0.05, 0) is 37.8 Å². The molecule has 2 rings (SSSR count). The van der Waals surface area contributed by atoms with Gasteiger partial charge in [-0.25, -0.2) is 4.98 Å². The van der Waals surface area contributed by atoms with Crippen molar-refractivity contribution in [3.63, 3.8) is 0 Å². The van der Waals surface area contributed by atoms with E-state index in [4.69, 9.17) is 9.47 Å². The van der Waals surface area contributed by atoms with Gasteiger partial charge in [-0.15, -0.1) is 0 Å². The van der Waals surface area contributed by atoms with E-state index in [0.29, 0.717) is 5.92 Å². The molecule has 0 saturated carbocycles. The first kappa shape index (κ1) is 14.3. The van der Waals surface area contributed by atoms with E-state index in [1.54, 1.807) is 0 Å². The number of nitrogens with zero attached hydrogens (tertiary/aromatic N) is 1. The third-order valence-electron chi connectivity index (χ3n) is 3.32. The van der Waals surface area contributed by atoms with Crippen molar-refractivity contribution in [2.45, 2.75) is 32.7 Å². The lowest BCUT2D eigenvalue weighted by Gasteiger charge is -2.21. The molecule has 0 aliphatic carbocycles. The summed E-state index contributed by atoms with van der Waals surface area (Å²) in [5.41, 5.74) is 1.04. The molecule has 1 fully saturated rings. The molecule has 0 amide bonds. The van der Waals surface area contributed by atoms with Crippen LogP contribution in [0.15, 0.2) is 18.2 Å². The lowest BCUT2D eigenvalue weighted by Crippen LogP contribution is -2.22. The van der Waals surface area contributed by atoms with Crippen molar-refractivity contribution in [3.8, 4) is 5.88 Å². The van der Waals surface area contributed by atoms with Crippen molar-refractivity contribution in [2.75, 3.05) is 26.4 Å². The van der Waals surface area contributed by atoms with Crippen LogP contribution in [0.2, 0.25) is 0 Å². The number of pyridine rings is 1. The lowest BCUT2D eigenvalue weighted by atomic mass is 10.0. The maximum Gasteiger partial charge on any atom is 0.213 e. The van der Waals surface area contributed by atoms with Crippen molar-refractivity contribution in [3.05, 3.63) is 23.9 Å². The minimum absolute atomic E-state index is 0.609. The Balaban J connectivity index is 1.77. The molecule has 106 valence electrons. The Hall–Kier alpha value is -1.13. The highest BCUT2D eigenvalue weighted by Gasteiger charge is 2.14. The van der Waals surface area contributed by atoms with Gasteiger partial charge in [0.25, 0.3) is 0 Å². The zero-order valence-electron chi connectivity index (χ0n) is 11.7. The van der Waals surface area contributed by atoms with Gasteiger partial charge in [0.15, 0.2) is 0 Å². The van der Waals surface area contributed by atoms with E-state index in [9.17, 15) is 0 Å². The molecule has 0 bridgehead atoms. The number of rotatable bonds is 7. The van der Waals surface area contributed by atoms with Crippen molar-refractivity contribution in [1.29, 1.82) is 0 Å². The summed E-state index contributed by atoms with van der Waals surface area (Å²) in [5.74, 6) is 1.35. The average Bonchev–Trinajstić information content (AvgIpc) is 2.47. The molecule has 1 saturated heterocycles. The van der Waals surface area contributed by atoms with Crippen molar-refractivity contribution >= 4 is 0 Å². The maximum atomic E-state index is 5.80. The quantitative estimate of drug-likeness (QED) is 0.768. The summed E-state index contributed by atoms with van der Waals surface area (Å²) in [6.07, 6.45) is 3.33. The summed E-state index contributed by atoms with van der Waals surface area (Å²) in [5, 5.41) is 3.35. The molecular formula is C15H24N2O2. The van der Waals surface area contributed by atoms with Crippen molar-refractivity contribution in [1.82, 2.24) is 10.3 Å². The van der Waals surface area contributed by atoms with E-state index in [-0.39, 0.29) is 0 Å². The molecule has 0 radical (unpaired) electrons. The smallest absolute Gasteiger partial charge is 0.213 e. The van der Waals surface area contributed by atoms with Crippen LogP contribution in [-0.4, -0.2) is 31.3 Å². The minimum Gasteiger partial charge on any atom is -0.477 e. The highest BCUT2D eigenvalue weighted by atomic mass is 16.5. The second-order valence-electron chi connectivity index (χ2n) is 5.01. The van der Waals surface area contributed by atoms with Gasteiger partial charge in [-0.1, -0.05) is 13.0 Å². The fourth-order valence-corrected chi connectivity index (χ4v) is 2.15. The number of ether oxygens (including phenoxy) is 2. The number of hydrogen-bond acceptors (Lipinski definition) is 4. The van der Waals surface area contributed by atoms with Gasteiger partial charge in [0, 0.05) is 25.8 Å². The van der Waals surface area contributed by atoms with E-state index in [1.807, 2.05) is 18.2 Å². The minimum atomic E-state index is 0.609. The summed E-state index contributed by atoms with van der Waals surface area (Å²) in [4.78, 5) is 4.51. The SMILES string of the molecule is CCCNCc1cccc(OCC2CCOCC2)n1. The Kier molecular flexibility index (Phi) is 6.11. The van der Waals surface area contributed by atoms with E-state index < -0.39 is 0 Å². The summed E-state index contributed by atoms with van der Waals surface area (Å²) in [7, 11) is 0. The Bertz CT molecular complexity index is 365.